The Morgan fingerprint density at radius 1 is 1.00 bits per heavy atom. The van der Waals surface area contributed by atoms with Crippen LogP contribution in [-0.2, 0) is 9.59 Å². The van der Waals surface area contributed by atoms with Crippen molar-refractivity contribution in [3.8, 4) is 5.75 Å². The summed E-state index contributed by atoms with van der Waals surface area (Å²) >= 11 is 0. The molecule has 0 bridgehead atoms. The van der Waals surface area contributed by atoms with Crippen molar-refractivity contribution >= 4 is 28.8 Å². The lowest BCUT2D eigenvalue weighted by Crippen LogP contribution is -2.30. The quantitative estimate of drug-likeness (QED) is 0.318. The standard InChI is InChI=1S/C27H27N3O4/c1-4-29(5-2)20-12-10-18(11-13-20)24-23(25(31)19-14-16-28-17-15-19)26(32)27(33)30(24)21-8-6-7-9-22(21)34-3/h6-17,24,31H,4-5H2,1-3H3/b25-23-. The van der Waals surface area contributed by atoms with Gasteiger partial charge in [0.25, 0.3) is 11.7 Å². The molecule has 0 radical (unpaired) electrons. The summed E-state index contributed by atoms with van der Waals surface area (Å²) in [4.78, 5) is 34.2. The summed E-state index contributed by atoms with van der Waals surface area (Å²) in [6.07, 6.45) is 3.05. The first kappa shape index (κ1) is 23.0. The first-order chi connectivity index (χ1) is 16.5. The van der Waals surface area contributed by atoms with Gasteiger partial charge >= 0.3 is 0 Å². The summed E-state index contributed by atoms with van der Waals surface area (Å²) < 4.78 is 5.49. The fraction of sp³-hybridized carbons (Fsp3) is 0.222. The van der Waals surface area contributed by atoms with Crippen molar-refractivity contribution in [2.45, 2.75) is 19.9 Å². The number of aromatic nitrogens is 1. The Morgan fingerprint density at radius 3 is 2.26 bits per heavy atom. The molecule has 0 spiro atoms. The summed E-state index contributed by atoms with van der Waals surface area (Å²) in [5.74, 6) is -1.26. The number of carbonyl (C=O) groups is 2. The molecule has 1 aromatic heterocycles. The van der Waals surface area contributed by atoms with Crippen LogP contribution in [-0.4, -0.2) is 42.0 Å². The molecule has 0 aliphatic carbocycles. The third kappa shape index (κ3) is 4.01. The Bertz CT molecular complexity index is 1220. The van der Waals surface area contributed by atoms with E-state index < -0.39 is 17.7 Å². The number of amides is 1. The van der Waals surface area contributed by atoms with Gasteiger partial charge in [-0.15, -0.1) is 0 Å². The number of aliphatic hydroxyl groups is 1. The summed E-state index contributed by atoms with van der Waals surface area (Å²) in [6, 6.07) is 17.2. The second kappa shape index (κ2) is 9.79. The van der Waals surface area contributed by atoms with Gasteiger partial charge in [-0.1, -0.05) is 24.3 Å². The number of carbonyl (C=O) groups excluding carboxylic acids is 2. The molecule has 7 nitrogen and oxygen atoms in total. The van der Waals surface area contributed by atoms with Crippen LogP contribution in [0.3, 0.4) is 0 Å². The maximum Gasteiger partial charge on any atom is 0.300 e. The van der Waals surface area contributed by atoms with Crippen LogP contribution in [0.15, 0.2) is 78.6 Å². The van der Waals surface area contributed by atoms with Crippen molar-refractivity contribution in [2.24, 2.45) is 0 Å². The zero-order chi connectivity index (χ0) is 24.2. The number of Topliss-reactive ketones (excluding diaryl/α,β-unsaturated/α-hetero) is 1. The van der Waals surface area contributed by atoms with E-state index in [0.717, 1.165) is 18.8 Å². The number of aliphatic hydroxyl groups excluding tert-OH is 1. The molecule has 1 atom stereocenters. The molecule has 1 aliphatic rings. The van der Waals surface area contributed by atoms with Gasteiger partial charge in [-0.3, -0.25) is 19.5 Å². The molecule has 2 aromatic carbocycles. The van der Waals surface area contributed by atoms with Gasteiger partial charge in [-0.25, -0.2) is 0 Å². The number of ketones is 1. The number of rotatable bonds is 7. The molecular weight excluding hydrogens is 430 g/mol. The highest BCUT2D eigenvalue weighted by Crippen LogP contribution is 2.45. The summed E-state index contributed by atoms with van der Waals surface area (Å²) in [5, 5.41) is 11.2. The van der Waals surface area contributed by atoms with Crippen LogP contribution in [0.1, 0.15) is 31.0 Å². The largest absolute Gasteiger partial charge is 0.507 e. The molecule has 1 aliphatic heterocycles. The Balaban J connectivity index is 1.92. The van der Waals surface area contributed by atoms with Crippen LogP contribution < -0.4 is 14.5 Å². The maximum absolute atomic E-state index is 13.3. The van der Waals surface area contributed by atoms with Crippen LogP contribution in [0.5, 0.6) is 5.75 Å². The minimum absolute atomic E-state index is 0.0256. The number of pyridine rings is 1. The predicted octanol–water partition coefficient (Wildman–Crippen LogP) is 4.56. The van der Waals surface area contributed by atoms with Crippen LogP contribution in [0.25, 0.3) is 5.76 Å². The van der Waals surface area contributed by atoms with Crippen molar-refractivity contribution in [1.29, 1.82) is 0 Å². The van der Waals surface area contributed by atoms with E-state index in [0.29, 0.717) is 22.6 Å². The predicted molar refractivity (Wildman–Crippen MR) is 132 cm³/mol. The molecular formula is C27H27N3O4. The molecule has 174 valence electrons. The third-order valence-corrected chi connectivity index (χ3v) is 6.08. The van der Waals surface area contributed by atoms with Crippen molar-refractivity contribution in [3.63, 3.8) is 0 Å². The van der Waals surface area contributed by atoms with Crippen molar-refractivity contribution < 1.29 is 19.4 Å². The highest BCUT2D eigenvalue weighted by molar-refractivity contribution is 6.51. The van der Waals surface area contributed by atoms with Crippen molar-refractivity contribution in [2.75, 3.05) is 30.0 Å². The second-order valence-electron chi connectivity index (χ2n) is 7.84. The number of para-hydroxylation sites is 2. The zero-order valence-electron chi connectivity index (χ0n) is 19.4. The molecule has 1 N–H and O–H groups in total. The molecule has 0 saturated carbocycles. The molecule has 34 heavy (non-hydrogen) atoms. The number of benzene rings is 2. The molecule has 4 rings (SSSR count). The van der Waals surface area contributed by atoms with Crippen LogP contribution in [0.4, 0.5) is 11.4 Å². The van der Waals surface area contributed by atoms with Crippen molar-refractivity contribution in [3.05, 3.63) is 89.8 Å². The van der Waals surface area contributed by atoms with Gasteiger partial charge in [-0.2, -0.15) is 0 Å². The normalized spacial score (nSPS) is 17.1. The van der Waals surface area contributed by atoms with Gasteiger partial charge in [0.05, 0.1) is 24.4 Å². The lowest BCUT2D eigenvalue weighted by Gasteiger charge is -2.27. The minimum Gasteiger partial charge on any atom is -0.507 e. The molecule has 1 unspecified atom stereocenters. The third-order valence-electron chi connectivity index (χ3n) is 6.08. The molecule has 1 fully saturated rings. The van der Waals surface area contributed by atoms with Gasteiger partial charge in [0.1, 0.15) is 11.5 Å². The fourth-order valence-corrected chi connectivity index (χ4v) is 4.35. The van der Waals surface area contributed by atoms with E-state index in [1.54, 1.807) is 36.4 Å². The van der Waals surface area contributed by atoms with E-state index in [-0.39, 0.29) is 11.3 Å². The first-order valence-electron chi connectivity index (χ1n) is 11.2. The van der Waals surface area contributed by atoms with Gasteiger partial charge in [0, 0.05) is 36.7 Å². The zero-order valence-corrected chi connectivity index (χ0v) is 19.4. The van der Waals surface area contributed by atoms with Crippen molar-refractivity contribution in [1.82, 2.24) is 4.98 Å². The first-order valence-corrected chi connectivity index (χ1v) is 11.2. The number of anilines is 2. The number of nitrogens with zero attached hydrogens (tertiary/aromatic N) is 3. The lowest BCUT2D eigenvalue weighted by molar-refractivity contribution is -0.132. The lowest BCUT2D eigenvalue weighted by atomic mass is 9.95. The Morgan fingerprint density at radius 2 is 1.65 bits per heavy atom. The molecule has 3 aromatic rings. The molecule has 1 saturated heterocycles. The SMILES string of the molecule is CCN(CC)c1ccc(C2/C(=C(/O)c3ccncc3)C(=O)C(=O)N2c2ccccc2OC)cc1. The average molecular weight is 458 g/mol. The van der Waals surface area contributed by atoms with Crippen LogP contribution >= 0.6 is 0 Å². The monoisotopic (exact) mass is 457 g/mol. The second-order valence-corrected chi connectivity index (χ2v) is 7.84. The molecule has 2 heterocycles. The van der Waals surface area contributed by atoms with Crippen LogP contribution in [0.2, 0.25) is 0 Å². The summed E-state index contributed by atoms with van der Waals surface area (Å²) in [6.45, 7) is 5.89. The number of methoxy groups -OCH3 is 1. The smallest absolute Gasteiger partial charge is 0.300 e. The Kier molecular flexibility index (Phi) is 6.63. The molecule has 7 heteroatoms. The number of ether oxygens (including phenoxy) is 1. The fourth-order valence-electron chi connectivity index (χ4n) is 4.35. The summed E-state index contributed by atoms with van der Waals surface area (Å²) in [5.41, 5.74) is 2.64. The van der Waals surface area contributed by atoms with Gasteiger partial charge < -0.3 is 14.7 Å². The van der Waals surface area contributed by atoms with Crippen LogP contribution in [0, 0.1) is 0 Å². The number of hydrogen-bond acceptors (Lipinski definition) is 6. The highest BCUT2D eigenvalue weighted by atomic mass is 16.5. The highest BCUT2D eigenvalue weighted by Gasteiger charge is 2.47. The van der Waals surface area contributed by atoms with Gasteiger partial charge in [0.2, 0.25) is 0 Å². The Hall–Kier alpha value is -4.13. The molecule has 1 amide bonds. The van der Waals surface area contributed by atoms with E-state index in [2.05, 4.69) is 23.7 Å². The van der Waals surface area contributed by atoms with E-state index in [1.807, 2.05) is 24.3 Å². The van der Waals surface area contributed by atoms with Gasteiger partial charge in [0.15, 0.2) is 0 Å². The van der Waals surface area contributed by atoms with Gasteiger partial charge in [-0.05, 0) is 55.8 Å². The average Bonchev–Trinajstić information content (AvgIpc) is 3.15. The number of hydrogen-bond donors (Lipinski definition) is 1. The minimum atomic E-state index is -0.824. The van der Waals surface area contributed by atoms with E-state index >= 15 is 0 Å². The Labute approximate surface area is 198 Å². The van der Waals surface area contributed by atoms with E-state index in [1.165, 1.54) is 24.4 Å². The van der Waals surface area contributed by atoms with E-state index in [9.17, 15) is 14.7 Å². The van der Waals surface area contributed by atoms with E-state index in [4.69, 9.17) is 4.74 Å². The topological polar surface area (TPSA) is 83.0 Å². The summed E-state index contributed by atoms with van der Waals surface area (Å²) in [7, 11) is 1.51. The maximum atomic E-state index is 13.3.